The predicted octanol–water partition coefficient (Wildman–Crippen LogP) is 3.97. The molecule has 146 valence electrons. The van der Waals surface area contributed by atoms with Gasteiger partial charge in [0.15, 0.2) is 0 Å². The average Bonchev–Trinajstić information content (AvgIpc) is 2.62. The number of hydrogen-bond donors (Lipinski definition) is 1. The van der Waals surface area contributed by atoms with Crippen LogP contribution in [0.5, 0.6) is 0 Å². The molecule has 0 aliphatic carbocycles. The quantitative estimate of drug-likeness (QED) is 0.780. The van der Waals surface area contributed by atoms with Crippen LogP contribution in [0.3, 0.4) is 0 Å². The molecule has 2 aromatic carbocycles. The summed E-state index contributed by atoms with van der Waals surface area (Å²) in [4.78, 5) is 12.6. The van der Waals surface area contributed by atoms with Crippen molar-refractivity contribution < 1.29 is 13.2 Å². The van der Waals surface area contributed by atoms with Gasteiger partial charge >= 0.3 is 0 Å². The molecule has 0 heterocycles. The SMILES string of the molecule is CC[C@H](NC(=O)c1ccc(N(CC)S(C)(=O)=O)cc1)c1ccc(C)c(C)c1. The Kier molecular flexibility index (Phi) is 6.65. The predicted molar refractivity (Wildman–Crippen MR) is 111 cm³/mol. The number of benzene rings is 2. The number of amides is 1. The zero-order valence-corrected chi connectivity index (χ0v) is 17.4. The highest BCUT2D eigenvalue weighted by molar-refractivity contribution is 7.92. The maximum Gasteiger partial charge on any atom is 0.251 e. The average molecular weight is 389 g/mol. The molecule has 0 spiro atoms. The highest BCUT2D eigenvalue weighted by Crippen LogP contribution is 2.22. The van der Waals surface area contributed by atoms with Gasteiger partial charge in [-0.05, 0) is 68.1 Å². The topological polar surface area (TPSA) is 66.5 Å². The van der Waals surface area contributed by atoms with Gasteiger partial charge in [-0.3, -0.25) is 9.10 Å². The van der Waals surface area contributed by atoms with Gasteiger partial charge in [-0.25, -0.2) is 8.42 Å². The molecule has 0 radical (unpaired) electrons. The van der Waals surface area contributed by atoms with E-state index < -0.39 is 10.0 Å². The molecule has 0 fully saturated rings. The van der Waals surface area contributed by atoms with E-state index >= 15 is 0 Å². The van der Waals surface area contributed by atoms with Gasteiger partial charge in [0.1, 0.15) is 0 Å². The lowest BCUT2D eigenvalue weighted by Crippen LogP contribution is -2.30. The fraction of sp³-hybridized carbons (Fsp3) is 0.381. The first kappa shape index (κ1) is 21.0. The summed E-state index contributed by atoms with van der Waals surface area (Å²) in [5.74, 6) is -0.172. The van der Waals surface area contributed by atoms with Crippen LogP contribution >= 0.6 is 0 Å². The first-order chi connectivity index (χ1) is 12.7. The Morgan fingerprint density at radius 2 is 1.67 bits per heavy atom. The molecule has 0 bridgehead atoms. The lowest BCUT2D eigenvalue weighted by atomic mass is 9.99. The maximum atomic E-state index is 12.6. The molecule has 1 amide bonds. The van der Waals surface area contributed by atoms with Crippen molar-refractivity contribution in [2.75, 3.05) is 17.1 Å². The molecule has 1 N–H and O–H groups in total. The number of nitrogens with zero attached hydrogens (tertiary/aromatic N) is 1. The van der Waals surface area contributed by atoms with Gasteiger partial charge in [-0.2, -0.15) is 0 Å². The van der Waals surface area contributed by atoms with Crippen molar-refractivity contribution in [2.45, 2.75) is 40.2 Å². The molecule has 2 aromatic rings. The van der Waals surface area contributed by atoms with E-state index in [4.69, 9.17) is 0 Å². The number of carbonyl (C=O) groups is 1. The number of anilines is 1. The van der Waals surface area contributed by atoms with E-state index in [0.29, 0.717) is 17.8 Å². The van der Waals surface area contributed by atoms with Crippen LogP contribution in [0.15, 0.2) is 42.5 Å². The van der Waals surface area contributed by atoms with Gasteiger partial charge in [0.2, 0.25) is 10.0 Å². The number of nitrogens with one attached hydrogen (secondary N) is 1. The molecule has 0 aliphatic heterocycles. The Morgan fingerprint density at radius 3 is 2.15 bits per heavy atom. The molecule has 1 atom stereocenters. The zero-order chi connectivity index (χ0) is 20.2. The van der Waals surface area contributed by atoms with Crippen molar-refractivity contribution >= 4 is 21.6 Å². The molecular weight excluding hydrogens is 360 g/mol. The second-order valence-electron chi connectivity index (χ2n) is 6.75. The van der Waals surface area contributed by atoms with Gasteiger partial charge in [-0.1, -0.05) is 25.1 Å². The summed E-state index contributed by atoms with van der Waals surface area (Å²) in [5, 5.41) is 3.07. The van der Waals surface area contributed by atoms with Crippen LogP contribution in [0, 0.1) is 13.8 Å². The normalized spacial score (nSPS) is 12.5. The third-order valence-corrected chi connectivity index (χ3v) is 6.02. The monoisotopic (exact) mass is 388 g/mol. The van der Waals surface area contributed by atoms with E-state index in [1.165, 1.54) is 21.7 Å². The van der Waals surface area contributed by atoms with E-state index in [9.17, 15) is 13.2 Å². The highest BCUT2D eigenvalue weighted by Gasteiger charge is 2.17. The van der Waals surface area contributed by atoms with Gasteiger partial charge in [0.25, 0.3) is 5.91 Å². The number of rotatable bonds is 7. The van der Waals surface area contributed by atoms with Crippen LogP contribution in [0.1, 0.15) is 53.4 Å². The lowest BCUT2D eigenvalue weighted by Gasteiger charge is -2.21. The summed E-state index contributed by atoms with van der Waals surface area (Å²) in [6.07, 6.45) is 1.95. The molecule has 5 nitrogen and oxygen atoms in total. The van der Waals surface area contributed by atoms with Crippen molar-refractivity contribution in [1.82, 2.24) is 5.32 Å². The molecule has 6 heteroatoms. The summed E-state index contributed by atoms with van der Waals surface area (Å²) in [5.41, 5.74) is 4.56. The Balaban J connectivity index is 2.18. The molecule has 2 rings (SSSR count). The standard InChI is InChI=1S/C21H28N2O3S/c1-6-20(18-9-8-15(3)16(4)14-18)22-21(24)17-10-12-19(13-11-17)23(7-2)27(5,25)26/h8-14,20H,6-7H2,1-5H3,(H,22,24)/t20-/m0/s1. The minimum Gasteiger partial charge on any atom is -0.345 e. The second-order valence-corrected chi connectivity index (χ2v) is 8.66. The van der Waals surface area contributed by atoms with Gasteiger partial charge in [-0.15, -0.1) is 0 Å². The Labute approximate surface area is 162 Å². The van der Waals surface area contributed by atoms with E-state index in [1.807, 2.05) is 13.0 Å². The second kappa shape index (κ2) is 8.57. The first-order valence-electron chi connectivity index (χ1n) is 9.13. The maximum absolute atomic E-state index is 12.6. The van der Waals surface area contributed by atoms with Crippen molar-refractivity contribution in [3.63, 3.8) is 0 Å². The molecule has 0 saturated heterocycles. The fourth-order valence-corrected chi connectivity index (χ4v) is 4.01. The van der Waals surface area contributed by atoms with Crippen LogP contribution in [0.4, 0.5) is 5.69 Å². The number of aryl methyl sites for hydroxylation is 2. The van der Waals surface area contributed by atoms with Crippen LogP contribution in [0.25, 0.3) is 0 Å². The summed E-state index contributed by atoms with van der Waals surface area (Å²) >= 11 is 0. The van der Waals surface area contributed by atoms with Crippen LogP contribution in [0.2, 0.25) is 0 Å². The zero-order valence-electron chi connectivity index (χ0n) is 16.6. The van der Waals surface area contributed by atoms with Gasteiger partial charge in [0, 0.05) is 12.1 Å². The van der Waals surface area contributed by atoms with Crippen molar-refractivity contribution in [3.8, 4) is 0 Å². The summed E-state index contributed by atoms with van der Waals surface area (Å²) in [7, 11) is -3.33. The summed E-state index contributed by atoms with van der Waals surface area (Å²) < 4.78 is 24.9. The molecule has 0 aliphatic rings. The molecule has 0 aromatic heterocycles. The largest absolute Gasteiger partial charge is 0.345 e. The number of hydrogen-bond acceptors (Lipinski definition) is 3. The minimum atomic E-state index is -3.33. The lowest BCUT2D eigenvalue weighted by molar-refractivity contribution is 0.0935. The smallest absolute Gasteiger partial charge is 0.251 e. The fourth-order valence-electron chi connectivity index (χ4n) is 3.03. The number of carbonyl (C=O) groups excluding carboxylic acids is 1. The third kappa shape index (κ3) is 5.10. The Hall–Kier alpha value is -2.34. The van der Waals surface area contributed by atoms with Crippen molar-refractivity contribution in [2.24, 2.45) is 0 Å². The van der Waals surface area contributed by atoms with E-state index in [1.54, 1.807) is 31.2 Å². The summed E-state index contributed by atoms with van der Waals surface area (Å²) in [6, 6.07) is 12.8. The Morgan fingerprint density at radius 1 is 1.04 bits per heavy atom. The number of sulfonamides is 1. The Bertz CT molecular complexity index is 906. The molecule has 0 unspecified atom stereocenters. The van der Waals surface area contributed by atoms with Crippen molar-refractivity contribution in [3.05, 3.63) is 64.7 Å². The van der Waals surface area contributed by atoms with E-state index in [-0.39, 0.29) is 11.9 Å². The van der Waals surface area contributed by atoms with Crippen molar-refractivity contribution in [1.29, 1.82) is 0 Å². The highest BCUT2D eigenvalue weighted by atomic mass is 32.2. The minimum absolute atomic E-state index is 0.0698. The third-order valence-electron chi connectivity index (χ3n) is 4.75. The van der Waals surface area contributed by atoms with Crippen LogP contribution in [-0.4, -0.2) is 27.1 Å². The van der Waals surface area contributed by atoms with E-state index in [0.717, 1.165) is 12.0 Å². The van der Waals surface area contributed by atoms with E-state index in [2.05, 4.69) is 31.3 Å². The van der Waals surface area contributed by atoms with Gasteiger partial charge in [0.05, 0.1) is 18.0 Å². The van der Waals surface area contributed by atoms with Crippen LogP contribution < -0.4 is 9.62 Å². The molecule has 27 heavy (non-hydrogen) atoms. The molecule has 0 saturated carbocycles. The first-order valence-corrected chi connectivity index (χ1v) is 11.0. The molecular formula is C21H28N2O3S. The summed E-state index contributed by atoms with van der Waals surface area (Å²) in [6.45, 7) is 8.28. The van der Waals surface area contributed by atoms with Crippen LogP contribution in [-0.2, 0) is 10.0 Å². The van der Waals surface area contributed by atoms with Gasteiger partial charge < -0.3 is 5.32 Å².